The van der Waals surface area contributed by atoms with E-state index in [1.165, 1.54) is 28.7 Å². The fourth-order valence-electron chi connectivity index (χ4n) is 5.39. The molecule has 0 saturated carbocycles. The summed E-state index contributed by atoms with van der Waals surface area (Å²) < 4.78 is 11.8. The summed E-state index contributed by atoms with van der Waals surface area (Å²) in [4.78, 5) is 24.5. The number of benzene rings is 2. The Morgan fingerprint density at radius 2 is 1.07 bits per heavy atom. The van der Waals surface area contributed by atoms with E-state index in [2.05, 4.69) is 118 Å². The third-order valence-electron chi connectivity index (χ3n) is 8.35. The Kier molecular flexibility index (Phi) is 13.7. The number of esters is 2. The molecule has 0 saturated heterocycles. The first kappa shape index (κ1) is 35.5. The molecule has 2 atom stereocenters. The molecule has 0 aliphatic rings. The Balaban J connectivity index is 1.75. The van der Waals surface area contributed by atoms with Crippen LogP contribution in [-0.4, -0.2) is 75.4 Å². The lowest BCUT2D eigenvalue weighted by atomic mass is 9.82. The minimum Gasteiger partial charge on any atom is -0.451 e. The molecule has 0 aromatic heterocycles. The molecule has 0 radical (unpaired) electrons. The Hall–Kier alpha value is -2.70. The highest BCUT2D eigenvalue weighted by Crippen LogP contribution is 2.31. The fourth-order valence-corrected chi connectivity index (χ4v) is 5.39. The molecule has 2 aromatic rings. The van der Waals surface area contributed by atoms with Gasteiger partial charge in [-0.25, -0.2) is 9.59 Å². The van der Waals surface area contributed by atoms with Gasteiger partial charge in [0.25, 0.3) is 0 Å². The lowest BCUT2D eigenvalue weighted by Gasteiger charge is -2.30. The monoisotopic (exact) mass is 582 g/mol. The molecule has 6 nitrogen and oxygen atoms in total. The molecule has 0 N–H and O–H groups in total. The lowest BCUT2D eigenvalue weighted by Crippen LogP contribution is -2.43. The van der Waals surface area contributed by atoms with Gasteiger partial charge in [-0.1, -0.05) is 90.1 Å². The summed E-state index contributed by atoms with van der Waals surface area (Å²) in [7, 11) is 8.40. The van der Waals surface area contributed by atoms with Crippen LogP contribution in [0.15, 0.2) is 48.5 Å². The van der Waals surface area contributed by atoms with Crippen LogP contribution in [0.3, 0.4) is 0 Å². The summed E-state index contributed by atoms with van der Waals surface area (Å²) in [6.07, 6.45) is 2.31. The highest BCUT2D eigenvalue weighted by molar-refractivity contribution is 6.29. The van der Waals surface area contributed by atoms with Gasteiger partial charge in [0.2, 0.25) is 0 Å². The number of rotatable bonds is 16. The zero-order chi connectivity index (χ0) is 31.5. The van der Waals surface area contributed by atoms with Crippen molar-refractivity contribution in [2.24, 2.45) is 11.8 Å². The maximum Gasteiger partial charge on any atom is 0.417 e. The molecule has 0 spiro atoms. The molecule has 0 heterocycles. The van der Waals surface area contributed by atoms with Crippen molar-refractivity contribution in [3.8, 4) is 0 Å². The number of ether oxygens (including phenoxy) is 2. The zero-order valence-electron chi connectivity index (χ0n) is 28.1. The van der Waals surface area contributed by atoms with Gasteiger partial charge in [0.15, 0.2) is 0 Å². The van der Waals surface area contributed by atoms with E-state index in [1.54, 1.807) is 0 Å². The number of hydrogen-bond acceptors (Lipinski definition) is 4. The molecule has 2 rings (SSSR count). The summed E-state index contributed by atoms with van der Waals surface area (Å²) in [5.41, 5.74) is 5.24. The summed E-state index contributed by atoms with van der Waals surface area (Å²) in [6.45, 7) is 16.8. The molecule has 2 unspecified atom stereocenters. The van der Waals surface area contributed by atoms with Crippen molar-refractivity contribution in [1.29, 1.82) is 0 Å². The van der Waals surface area contributed by atoms with Gasteiger partial charge >= 0.3 is 11.9 Å². The van der Waals surface area contributed by atoms with Crippen molar-refractivity contribution in [2.45, 2.75) is 79.3 Å². The van der Waals surface area contributed by atoms with Crippen LogP contribution in [0.25, 0.3) is 0 Å². The third kappa shape index (κ3) is 12.3. The maximum atomic E-state index is 12.3. The van der Waals surface area contributed by atoms with E-state index < -0.39 is 11.9 Å². The van der Waals surface area contributed by atoms with Gasteiger partial charge in [0.1, 0.15) is 39.4 Å². The van der Waals surface area contributed by atoms with Gasteiger partial charge < -0.3 is 18.4 Å². The molecule has 0 aliphatic carbocycles. The van der Waals surface area contributed by atoms with E-state index in [0.717, 1.165) is 19.5 Å². The molecule has 42 heavy (non-hydrogen) atoms. The van der Waals surface area contributed by atoms with Crippen molar-refractivity contribution in [3.05, 3.63) is 70.8 Å². The van der Waals surface area contributed by atoms with Crippen LogP contribution in [0.5, 0.6) is 0 Å². The van der Waals surface area contributed by atoms with E-state index >= 15 is 0 Å². The van der Waals surface area contributed by atoms with Crippen LogP contribution in [0.4, 0.5) is 0 Å². The first-order valence-corrected chi connectivity index (χ1v) is 15.8. The molecule has 0 bridgehead atoms. The van der Waals surface area contributed by atoms with Crippen LogP contribution in [0.1, 0.15) is 88.5 Å². The van der Waals surface area contributed by atoms with E-state index in [-0.39, 0.29) is 13.2 Å². The first-order valence-electron chi connectivity index (χ1n) is 15.8. The fraction of sp³-hybridized carbons (Fsp3) is 0.611. The molecule has 6 heteroatoms. The van der Waals surface area contributed by atoms with E-state index in [1.807, 2.05) is 0 Å². The Bertz CT molecular complexity index is 1100. The molecular formula is C36H58N2O4+2. The van der Waals surface area contributed by atoms with Crippen LogP contribution in [-0.2, 0) is 32.2 Å². The smallest absolute Gasteiger partial charge is 0.417 e. The molecule has 234 valence electrons. The highest BCUT2D eigenvalue weighted by atomic mass is 16.6. The summed E-state index contributed by atoms with van der Waals surface area (Å²) in [5.74, 6) is 0.555. The number of carbonyl (C=O) groups is 2. The number of hydrogen-bond donors (Lipinski definition) is 0. The summed E-state index contributed by atoms with van der Waals surface area (Å²) in [5, 5.41) is 0. The van der Waals surface area contributed by atoms with Crippen molar-refractivity contribution < 1.29 is 28.0 Å². The van der Waals surface area contributed by atoms with E-state index in [4.69, 9.17) is 9.47 Å². The number of likely N-dealkylation sites (N-methyl/N-ethyl adjacent to an activating group) is 2. The molecular weight excluding hydrogens is 524 g/mol. The molecule has 0 fully saturated rings. The van der Waals surface area contributed by atoms with Crippen LogP contribution in [0, 0.1) is 11.8 Å². The minimum atomic E-state index is -0.921. The second-order valence-corrected chi connectivity index (χ2v) is 14.2. The topological polar surface area (TPSA) is 52.6 Å². The minimum absolute atomic E-state index is 0.164. The number of quaternary nitrogens is 2. The van der Waals surface area contributed by atoms with Crippen molar-refractivity contribution >= 4 is 11.9 Å². The van der Waals surface area contributed by atoms with E-state index in [0.29, 0.717) is 45.7 Å². The summed E-state index contributed by atoms with van der Waals surface area (Å²) in [6, 6.07) is 17.7. The predicted molar refractivity (Wildman–Crippen MR) is 172 cm³/mol. The molecule has 0 amide bonds. The third-order valence-corrected chi connectivity index (χ3v) is 8.35. The second kappa shape index (κ2) is 16.2. The van der Waals surface area contributed by atoms with Crippen molar-refractivity contribution in [1.82, 2.24) is 0 Å². The largest absolute Gasteiger partial charge is 0.451 e. The van der Waals surface area contributed by atoms with Gasteiger partial charge in [-0.2, -0.15) is 0 Å². The lowest BCUT2D eigenvalue weighted by molar-refractivity contribution is -0.903. The van der Waals surface area contributed by atoms with Gasteiger partial charge in [0.05, 0.1) is 28.2 Å². The Morgan fingerprint density at radius 1 is 0.667 bits per heavy atom. The average molecular weight is 583 g/mol. The standard InChI is InChI=1S/C36H58N2O4/c1-11-29(6)32-16-12-30(13-17-32)25-37(7,8)20-22-41-35(39)36(40)42-23-21-38(9,10)26-31-14-18-33(19-15-31)34(28(4)5)24-27(2)3/h12-19,27-29,34H,11,20-26H2,1-10H3/q+2. The Morgan fingerprint density at radius 3 is 1.43 bits per heavy atom. The normalized spacial score (nSPS) is 13.7. The zero-order valence-corrected chi connectivity index (χ0v) is 28.1. The predicted octanol–water partition coefficient (Wildman–Crippen LogP) is 6.93. The van der Waals surface area contributed by atoms with Crippen LogP contribution >= 0.6 is 0 Å². The second-order valence-electron chi connectivity index (χ2n) is 14.2. The van der Waals surface area contributed by atoms with Gasteiger partial charge in [0, 0.05) is 11.1 Å². The SMILES string of the molecule is CCC(C)c1ccc(C[N+](C)(C)CCOC(=O)C(=O)OCC[N+](C)(C)Cc2ccc(C(CC(C)C)C(C)C)cc2)cc1. The molecule has 2 aromatic carbocycles. The van der Waals surface area contributed by atoms with Crippen LogP contribution < -0.4 is 0 Å². The van der Waals surface area contributed by atoms with E-state index in [9.17, 15) is 9.59 Å². The van der Waals surface area contributed by atoms with Gasteiger partial charge in [-0.3, -0.25) is 0 Å². The quantitative estimate of drug-likeness (QED) is 0.122. The maximum absolute atomic E-state index is 12.3. The average Bonchev–Trinajstić information content (AvgIpc) is 2.91. The number of nitrogens with zero attached hydrogens (tertiary/aromatic N) is 2. The van der Waals surface area contributed by atoms with Crippen molar-refractivity contribution in [2.75, 3.05) is 54.5 Å². The number of carbonyl (C=O) groups excluding carboxylic acids is 2. The van der Waals surface area contributed by atoms with Crippen LogP contribution in [0.2, 0.25) is 0 Å². The molecule has 0 aliphatic heterocycles. The van der Waals surface area contributed by atoms with Crippen molar-refractivity contribution in [3.63, 3.8) is 0 Å². The highest BCUT2D eigenvalue weighted by Gasteiger charge is 2.24. The van der Waals surface area contributed by atoms with Gasteiger partial charge in [-0.15, -0.1) is 0 Å². The first-order chi connectivity index (χ1) is 19.6. The Labute approximate surface area is 256 Å². The summed E-state index contributed by atoms with van der Waals surface area (Å²) >= 11 is 0. The van der Waals surface area contributed by atoms with Gasteiger partial charge in [-0.05, 0) is 47.6 Å².